The number of carbonyl (C=O) groups is 1. The minimum Gasteiger partial charge on any atom is -0.491 e. The highest BCUT2D eigenvalue weighted by atomic mass is 32.2. The van der Waals surface area contributed by atoms with Crippen molar-refractivity contribution in [3.8, 4) is 5.75 Å². The van der Waals surface area contributed by atoms with Gasteiger partial charge in [-0.25, -0.2) is 13.2 Å². The van der Waals surface area contributed by atoms with Crippen LogP contribution in [0.2, 0.25) is 0 Å². The van der Waals surface area contributed by atoms with Gasteiger partial charge in [-0.15, -0.1) is 0 Å². The van der Waals surface area contributed by atoms with Crippen molar-refractivity contribution < 1.29 is 17.9 Å². The number of ether oxygens (including phenoxy) is 1. The zero-order valence-corrected chi connectivity index (χ0v) is 13.7. The quantitative estimate of drug-likeness (QED) is 0.796. The second-order valence-corrected chi connectivity index (χ2v) is 7.80. The van der Waals surface area contributed by atoms with Gasteiger partial charge in [0, 0.05) is 6.04 Å². The van der Waals surface area contributed by atoms with Crippen LogP contribution in [0.1, 0.15) is 17.5 Å². The predicted molar refractivity (Wildman–Crippen MR) is 85.0 cm³/mol. The van der Waals surface area contributed by atoms with Crippen molar-refractivity contribution in [3.05, 3.63) is 29.3 Å². The van der Waals surface area contributed by atoms with Crippen molar-refractivity contribution in [1.82, 2.24) is 10.6 Å². The van der Waals surface area contributed by atoms with Crippen LogP contribution >= 0.6 is 0 Å². The third kappa shape index (κ3) is 4.62. The molecule has 0 saturated carbocycles. The summed E-state index contributed by atoms with van der Waals surface area (Å²) in [7, 11) is -2.98. The average molecular weight is 326 g/mol. The van der Waals surface area contributed by atoms with E-state index in [0.717, 1.165) is 16.9 Å². The summed E-state index contributed by atoms with van der Waals surface area (Å²) in [5, 5.41) is 5.35. The Morgan fingerprint density at radius 3 is 2.59 bits per heavy atom. The molecule has 1 unspecified atom stereocenters. The Morgan fingerprint density at radius 1 is 1.32 bits per heavy atom. The molecule has 6 nitrogen and oxygen atoms in total. The molecule has 1 heterocycles. The molecular weight excluding hydrogens is 304 g/mol. The zero-order valence-electron chi connectivity index (χ0n) is 12.9. The Bertz CT molecular complexity index is 623. The molecule has 1 aromatic carbocycles. The Balaban J connectivity index is 1.69. The lowest BCUT2D eigenvalue weighted by Crippen LogP contribution is -2.43. The first-order chi connectivity index (χ1) is 10.4. The van der Waals surface area contributed by atoms with Gasteiger partial charge in [-0.2, -0.15) is 0 Å². The van der Waals surface area contributed by atoms with Crippen molar-refractivity contribution in [3.63, 3.8) is 0 Å². The number of nitrogens with one attached hydrogen (secondary N) is 2. The summed E-state index contributed by atoms with van der Waals surface area (Å²) in [6, 6.07) is 5.28. The largest absolute Gasteiger partial charge is 0.491 e. The molecule has 2 N–H and O–H groups in total. The maximum atomic E-state index is 11.7. The molecule has 1 atom stereocenters. The first-order valence-corrected chi connectivity index (χ1v) is 9.13. The highest BCUT2D eigenvalue weighted by Crippen LogP contribution is 2.21. The fourth-order valence-electron chi connectivity index (χ4n) is 2.49. The van der Waals surface area contributed by atoms with Gasteiger partial charge in [0.25, 0.3) is 0 Å². The van der Waals surface area contributed by atoms with E-state index in [-0.39, 0.29) is 23.6 Å². The minimum atomic E-state index is -2.98. The van der Waals surface area contributed by atoms with E-state index in [0.29, 0.717) is 19.6 Å². The molecule has 1 aromatic rings. The van der Waals surface area contributed by atoms with E-state index in [1.807, 2.05) is 32.0 Å². The van der Waals surface area contributed by atoms with Crippen LogP contribution in [0.3, 0.4) is 0 Å². The third-order valence-electron chi connectivity index (χ3n) is 3.61. The van der Waals surface area contributed by atoms with Gasteiger partial charge in [0.1, 0.15) is 12.4 Å². The van der Waals surface area contributed by atoms with Crippen molar-refractivity contribution >= 4 is 15.9 Å². The summed E-state index contributed by atoms with van der Waals surface area (Å²) in [6.45, 7) is 4.67. The number of rotatable bonds is 5. The topological polar surface area (TPSA) is 84.5 Å². The van der Waals surface area contributed by atoms with Crippen molar-refractivity contribution in [2.24, 2.45) is 0 Å². The fraction of sp³-hybridized carbons (Fsp3) is 0.533. The van der Waals surface area contributed by atoms with Crippen molar-refractivity contribution in [2.75, 3.05) is 24.7 Å². The van der Waals surface area contributed by atoms with Crippen LogP contribution in [0.5, 0.6) is 5.75 Å². The lowest BCUT2D eigenvalue weighted by Gasteiger charge is -2.14. The monoisotopic (exact) mass is 326 g/mol. The number of para-hydroxylation sites is 1. The van der Waals surface area contributed by atoms with Gasteiger partial charge in [0.05, 0.1) is 18.1 Å². The molecule has 0 bridgehead atoms. The lowest BCUT2D eigenvalue weighted by atomic mass is 10.1. The van der Waals surface area contributed by atoms with E-state index >= 15 is 0 Å². The van der Waals surface area contributed by atoms with Gasteiger partial charge >= 0.3 is 6.03 Å². The van der Waals surface area contributed by atoms with E-state index < -0.39 is 9.84 Å². The van der Waals surface area contributed by atoms with E-state index in [1.54, 1.807) is 0 Å². The molecular formula is C15H22N2O4S. The SMILES string of the molecule is Cc1cccc(C)c1OCCNC(=O)NC1CCS(=O)(=O)C1. The normalized spacial score (nSPS) is 19.6. The molecule has 2 rings (SSSR count). The Hall–Kier alpha value is -1.76. The van der Waals surface area contributed by atoms with Gasteiger partial charge in [-0.3, -0.25) is 0 Å². The number of aryl methyl sites for hydroxylation is 2. The number of hydrogen-bond acceptors (Lipinski definition) is 4. The highest BCUT2D eigenvalue weighted by molar-refractivity contribution is 7.91. The van der Waals surface area contributed by atoms with Crippen LogP contribution in [0.25, 0.3) is 0 Å². The van der Waals surface area contributed by atoms with E-state index in [9.17, 15) is 13.2 Å². The van der Waals surface area contributed by atoms with E-state index in [2.05, 4.69) is 10.6 Å². The van der Waals surface area contributed by atoms with Crippen LogP contribution < -0.4 is 15.4 Å². The Kier molecular flexibility index (Phi) is 5.28. The number of benzene rings is 1. The first-order valence-electron chi connectivity index (χ1n) is 7.31. The molecule has 122 valence electrons. The summed E-state index contributed by atoms with van der Waals surface area (Å²) < 4.78 is 28.3. The minimum absolute atomic E-state index is 0.0271. The standard InChI is InChI=1S/C15H22N2O4S/c1-11-4-3-5-12(2)14(11)21-8-7-16-15(18)17-13-6-9-22(19,20)10-13/h3-5,13H,6-10H2,1-2H3,(H2,16,17,18). The molecule has 0 aliphatic carbocycles. The van der Waals surface area contributed by atoms with Gasteiger partial charge < -0.3 is 15.4 Å². The maximum Gasteiger partial charge on any atom is 0.315 e. The van der Waals surface area contributed by atoms with Crippen LogP contribution in [-0.2, 0) is 9.84 Å². The summed E-state index contributed by atoms with van der Waals surface area (Å²) in [4.78, 5) is 11.7. The molecule has 1 aliphatic heterocycles. The molecule has 1 fully saturated rings. The number of sulfone groups is 1. The van der Waals surface area contributed by atoms with Gasteiger partial charge in [0.15, 0.2) is 9.84 Å². The van der Waals surface area contributed by atoms with Crippen LogP contribution in [0.4, 0.5) is 4.79 Å². The van der Waals surface area contributed by atoms with Crippen LogP contribution in [0.15, 0.2) is 18.2 Å². The lowest BCUT2D eigenvalue weighted by molar-refractivity contribution is 0.233. The summed E-state index contributed by atoms with van der Waals surface area (Å²) in [5.74, 6) is 1.01. The van der Waals surface area contributed by atoms with Crippen LogP contribution in [0, 0.1) is 13.8 Å². The molecule has 1 saturated heterocycles. The molecule has 22 heavy (non-hydrogen) atoms. The van der Waals surface area contributed by atoms with Gasteiger partial charge in [-0.1, -0.05) is 18.2 Å². The second-order valence-electron chi connectivity index (χ2n) is 5.57. The average Bonchev–Trinajstić information content (AvgIpc) is 2.76. The molecule has 2 amide bonds. The predicted octanol–water partition coefficient (Wildman–Crippen LogP) is 1.17. The van der Waals surface area contributed by atoms with Gasteiger partial charge in [-0.05, 0) is 31.4 Å². The highest BCUT2D eigenvalue weighted by Gasteiger charge is 2.28. The molecule has 1 aliphatic rings. The molecule has 0 aromatic heterocycles. The number of urea groups is 1. The second kappa shape index (κ2) is 7.00. The number of amides is 2. The first kappa shape index (κ1) is 16.6. The zero-order chi connectivity index (χ0) is 16.2. The van der Waals surface area contributed by atoms with Gasteiger partial charge in [0.2, 0.25) is 0 Å². The fourth-order valence-corrected chi connectivity index (χ4v) is 4.16. The van der Waals surface area contributed by atoms with E-state index in [4.69, 9.17) is 4.74 Å². The molecule has 7 heteroatoms. The van der Waals surface area contributed by atoms with E-state index in [1.165, 1.54) is 0 Å². The molecule has 0 radical (unpaired) electrons. The summed E-state index contributed by atoms with van der Waals surface area (Å²) >= 11 is 0. The van der Waals surface area contributed by atoms with Crippen molar-refractivity contribution in [2.45, 2.75) is 26.3 Å². The Labute approximate surface area is 131 Å². The van der Waals surface area contributed by atoms with Crippen LogP contribution in [-0.4, -0.2) is 45.1 Å². The summed E-state index contributed by atoms with van der Waals surface area (Å²) in [5.41, 5.74) is 2.11. The van der Waals surface area contributed by atoms with Crippen molar-refractivity contribution in [1.29, 1.82) is 0 Å². The smallest absolute Gasteiger partial charge is 0.315 e. The maximum absolute atomic E-state index is 11.7. The third-order valence-corrected chi connectivity index (χ3v) is 5.38. The Morgan fingerprint density at radius 2 is 2.00 bits per heavy atom. The number of carbonyl (C=O) groups excluding carboxylic acids is 1. The summed E-state index contributed by atoms with van der Waals surface area (Å²) in [6.07, 6.45) is 0.481. The number of hydrogen-bond donors (Lipinski definition) is 2. The molecule has 0 spiro atoms.